The van der Waals surface area contributed by atoms with Crippen LogP contribution in [0.4, 0.5) is 15.9 Å². The van der Waals surface area contributed by atoms with E-state index in [1.54, 1.807) is 25.4 Å². The van der Waals surface area contributed by atoms with Crippen molar-refractivity contribution in [1.29, 1.82) is 0 Å². The zero-order valence-electron chi connectivity index (χ0n) is 10.7. The number of aryl methyl sites for hydroxylation is 1. The van der Waals surface area contributed by atoms with Crippen LogP contribution in [0.5, 0.6) is 0 Å². The summed E-state index contributed by atoms with van der Waals surface area (Å²) in [6, 6.07) is 7.89. The second-order valence-corrected chi connectivity index (χ2v) is 4.09. The number of halogens is 1. The molecule has 0 saturated carbocycles. The van der Waals surface area contributed by atoms with Gasteiger partial charge in [0, 0.05) is 13.2 Å². The predicted octanol–water partition coefficient (Wildman–Crippen LogP) is 2.82. The number of nitrogens with one attached hydrogen (secondary N) is 2. The third-order valence-electron chi connectivity index (χ3n) is 2.66. The van der Waals surface area contributed by atoms with Crippen molar-refractivity contribution in [3.05, 3.63) is 53.5 Å². The molecule has 1 aromatic carbocycles. The molecule has 1 heterocycles. The number of amides is 1. The molecule has 98 valence electrons. The van der Waals surface area contributed by atoms with E-state index in [1.165, 1.54) is 12.1 Å². The average Bonchev–Trinajstić information content (AvgIpc) is 2.41. The molecule has 0 aliphatic rings. The fraction of sp³-hybridized carbons (Fsp3) is 0.143. The Balaban J connectivity index is 2.25. The number of hydrogen-bond acceptors (Lipinski definition) is 3. The lowest BCUT2D eigenvalue weighted by Gasteiger charge is -2.10. The highest BCUT2D eigenvalue weighted by Crippen LogP contribution is 2.20. The Labute approximate surface area is 110 Å². The smallest absolute Gasteiger partial charge is 0.259 e. The Morgan fingerprint density at radius 3 is 2.68 bits per heavy atom. The Kier molecular flexibility index (Phi) is 3.75. The molecule has 1 amide bonds. The first-order valence-electron chi connectivity index (χ1n) is 5.82. The molecule has 0 fully saturated rings. The molecule has 0 unspecified atom stereocenters. The third kappa shape index (κ3) is 2.88. The van der Waals surface area contributed by atoms with Gasteiger partial charge < -0.3 is 10.6 Å². The molecule has 0 spiro atoms. The van der Waals surface area contributed by atoms with Crippen molar-refractivity contribution in [1.82, 2.24) is 4.98 Å². The molecule has 0 bridgehead atoms. The maximum Gasteiger partial charge on any atom is 0.259 e. The van der Waals surface area contributed by atoms with Gasteiger partial charge in [-0.2, -0.15) is 0 Å². The summed E-state index contributed by atoms with van der Waals surface area (Å²) in [4.78, 5) is 16.1. The van der Waals surface area contributed by atoms with Gasteiger partial charge in [-0.25, -0.2) is 9.37 Å². The molecule has 2 aromatic rings. The highest BCUT2D eigenvalue weighted by Gasteiger charge is 2.14. The van der Waals surface area contributed by atoms with E-state index < -0.39 is 11.7 Å². The van der Waals surface area contributed by atoms with E-state index >= 15 is 0 Å². The van der Waals surface area contributed by atoms with Crippen LogP contribution in [0.15, 0.2) is 36.5 Å². The van der Waals surface area contributed by atoms with Gasteiger partial charge in [-0.15, -0.1) is 0 Å². The monoisotopic (exact) mass is 259 g/mol. The maximum absolute atomic E-state index is 13.5. The van der Waals surface area contributed by atoms with E-state index in [1.807, 2.05) is 13.0 Å². The third-order valence-corrected chi connectivity index (χ3v) is 2.66. The zero-order valence-corrected chi connectivity index (χ0v) is 10.7. The number of carbonyl (C=O) groups excluding carboxylic acids is 1. The van der Waals surface area contributed by atoms with Crippen LogP contribution in [0.2, 0.25) is 0 Å². The molecule has 0 radical (unpaired) electrons. The molecular formula is C14H14FN3O. The standard InChI is InChI=1S/C14H14FN3O/c1-9-6-7-12(17-8-9)18-14(19)10-4-3-5-11(15)13(10)16-2/h3-8,16H,1-2H3,(H,17,18,19). The number of carbonyl (C=O) groups is 1. The van der Waals surface area contributed by atoms with E-state index in [2.05, 4.69) is 15.6 Å². The van der Waals surface area contributed by atoms with Crippen LogP contribution in [0.1, 0.15) is 15.9 Å². The Morgan fingerprint density at radius 1 is 1.26 bits per heavy atom. The van der Waals surface area contributed by atoms with Crippen LogP contribution >= 0.6 is 0 Å². The molecule has 19 heavy (non-hydrogen) atoms. The number of para-hydroxylation sites is 1. The molecule has 2 rings (SSSR count). The number of benzene rings is 1. The van der Waals surface area contributed by atoms with Crippen LogP contribution in [-0.2, 0) is 0 Å². The average molecular weight is 259 g/mol. The van der Waals surface area contributed by atoms with Gasteiger partial charge in [-0.1, -0.05) is 12.1 Å². The summed E-state index contributed by atoms with van der Waals surface area (Å²) in [5, 5.41) is 5.31. The summed E-state index contributed by atoms with van der Waals surface area (Å²) in [5.74, 6) is -0.436. The van der Waals surface area contributed by atoms with Gasteiger partial charge in [0.2, 0.25) is 0 Å². The van der Waals surface area contributed by atoms with E-state index in [0.29, 0.717) is 5.82 Å². The molecule has 4 nitrogen and oxygen atoms in total. The van der Waals surface area contributed by atoms with Gasteiger partial charge in [-0.3, -0.25) is 4.79 Å². The normalized spacial score (nSPS) is 10.1. The molecule has 0 aliphatic heterocycles. The van der Waals surface area contributed by atoms with Crippen molar-refractivity contribution in [3.8, 4) is 0 Å². The van der Waals surface area contributed by atoms with E-state index in [9.17, 15) is 9.18 Å². The summed E-state index contributed by atoms with van der Waals surface area (Å²) < 4.78 is 13.5. The van der Waals surface area contributed by atoms with Crippen LogP contribution in [-0.4, -0.2) is 17.9 Å². The van der Waals surface area contributed by atoms with Gasteiger partial charge in [0.05, 0.1) is 11.3 Å². The van der Waals surface area contributed by atoms with Crippen LogP contribution in [0, 0.1) is 12.7 Å². The minimum Gasteiger partial charge on any atom is -0.385 e. The first-order chi connectivity index (χ1) is 9.11. The quantitative estimate of drug-likeness (QED) is 0.891. The summed E-state index contributed by atoms with van der Waals surface area (Å²) in [6.07, 6.45) is 1.65. The molecule has 5 heteroatoms. The first-order valence-corrected chi connectivity index (χ1v) is 5.82. The first kappa shape index (κ1) is 13.0. The number of rotatable bonds is 3. The Morgan fingerprint density at radius 2 is 2.05 bits per heavy atom. The van der Waals surface area contributed by atoms with Gasteiger partial charge >= 0.3 is 0 Å². The number of hydrogen-bond donors (Lipinski definition) is 2. The number of anilines is 2. The number of aromatic nitrogens is 1. The molecule has 1 aromatic heterocycles. The highest BCUT2D eigenvalue weighted by atomic mass is 19.1. The van der Waals surface area contributed by atoms with Crippen LogP contribution in [0.25, 0.3) is 0 Å². The summed E-state index contributed by atoms with van der Waals surface area (Å²) in [6.45, 7) is 1.91. The van der Waals surface area contributed by atoms with Crippen molar-refractivity contribution in [2.75, 3.05) is 17.7 Å². The number of nitrogens with zero attached hydrogens (tertiary/aromatic N) is 1. The highest BCUT2D eigenvalue weighted by molar-refractivity contribution is 6.07. The van der Waals surface area contributed by atoms with Crippen molar-refractivity contribution in [2.45, 2.75) is 6.92 Å². The minimum atomic E-state index is -0.466. The van der Waals surface area contributed by atoms with Gasteiger partial charge in [0.15, 0.2) is 0 Å². The molecule has 0 aliphatic carbocycles. The van der Waals surface area contributed by atoms with Crippen LogP contribution in [0.3, 0.4) is 0 Å². The van der Waals surface area contributed by atoms with Crippen LogP contribution < -0.4 is 10.6 Å². The van der Waals surface area contributed by atoms with Crippen molar-refractivity contribution in [2.24, 2.45) is 0 Å². The largest absolute Gasteiger partial charge is 0.385 e. The van der Waals surface area contributed by atoms with Gasteiger partial charge in [0.1, 0.15) is 11.6 Å². The lowest BCUT2D eigenvalue weighted by atomic mass is 10.1. The SMILES string of the molecule is CNc1c(F)cccc1C(=O)Nc1ccc(C)cn1. The lowest BCUT2D eigenvalue weighted by molar-refractivity contribution is 0.102. The molecular weight excluding hydrogens is 245 g/mol. The Bertz CT molecular complexity index is 596. The maximum atomic E-state index is 13.5. The van der Waals surface area contributed by atoms with Crippen molar-refractivity contribution < 1.29 is 9.18 Å². The zero-order chi connectivity index (χ0) is 13.8. The van der Waals surface area contributed by atoms with E-state index in [-0.39, 0.29) is 11.3 Å². The second kappa shape index (κ2) is 5.48. The second-order valence-electron chi connectivity index (χ2n) is 4.09. The van der Waals surface area contributed by atoms with E-state index in [0.717, 1.165) is 5.56 Å². The predicted molar refractivity (Wildman–Crippen MR) is 72.9 cm³/mol. The summed E-state index contributed by atoms with van der Waals surface area (Å²) in [5.41, 5.74) is 1.41. The summed E-state index contributed by atoms with van der Waals surface area (Å²) in [7, 11) is 1.57. The van der Waals surface area contributed by atoms with Crippen molar-refractivity contribution in [3.63, 3.8) is 0 Å². The fourth-order valence-corrected chi connectivity index (χ4v) is 1.69. The van der Waals surface area contributed by atoms with E-state index in [4.69, 9.17) is 0 Å². The van der Waals surface area contributed by atoms with Gasteiger partial charge in [-0.05, 0) is 30.7 Å². The number of pyridine rings is 1. The Hall–Kier alpha value is -2.43. The van der Waals surface area contributed by atoms with Gasteiger partial charge in [0.25, 0.3) is 5.91 Å². The molecule has 2 N–H and O–H groups in total. The summed E-state index contributed by atoms with van der Waals surface area (Å²) >= 11 is 0. The lowest BCUT2D eigenvalue weighted by Crippen LogP contribution is -2.15. The fourth-order valence-electron chi connectivity index (χ4n) is 1.69. The molecule has 0 atom stereocenters. The topological polar surface area (TPSA) is 54.0 Å². The minimum absolute atomic E-state index is 0.173. The molecule has 0 saturated heterocycles. The van der Waals surface area contributed by atoms with Crippen molar-refractivity contribution >= 4 is 17.4 Å².